The van der Waals surface area contributed by atoms with Crippen LogP contribution < -0.4 is 0 Å². The van der Waals surface area contributed by atoms with E-state index in [9.17, 15) is 4.79 Å². The first kappa shape index (κ1) is 15.8. The average Bonchev–Trinajstić information content (AvgIpc) is 2.58. The number of carbonyl (C=O) groups excluding carboxylic acids is 1. The Morgan fingerprint density at radius 2 is 1.57 bits per heavy atom. The number of fused-ring (bicyclic) bond motifs is 2. The maximum Gasteiger partial charge on any atom is 0.311 e. The van der Waals surface area contributed by atoms with Gasteiger partial charge in [-0.25, -0.2) is 0 Å². The van der Waals surface area contributed by atoms with Crippen LogP contribution >= 0.6 is 0 Å². The zero-order valence-electron chi connectivity index (χ0n) is 14.1. The Hall–Kier alpha value is -2.09. The molecule has 1 aliphatic rings. The van der Waals surface area contributed by atoms with Gasteiger partial charge in [-0.3, -0.25) is 4.79 Å². The molecule has 0 fully saturated rings. The number of esters is 1. The van der Waals surface area contributed by atoms with Crippen LogP contribution in [0.25, 0.3) is 0 Å². The van der Waals surface area contributed by atoms with Crippen molar-refractivity contribution in [2.24, 2.45) is 5.41 Å². The second-order valence-electron chi connectivity index (χ2n) is 6.96. The molecule has 0 saturated heterocycles. The van der Waals surface area contributed by atoms with Crippen LogP contribution in [0.5, 0.6) is 0 Å². The van der Waals surface area contributed by atoms with Crippen LogP contribution in [0.2, 0.25) is 0 Å². The predicted octanol–water partition coefficient (Wildman–Crippen LogP) is 4.70. The molecule has 0 N–H and O–H groups in total. The van der Waals surface area contributed by atoms with E-state index >= 15 is 0 Å². The van der Waals surface area contributed by atoms with Gasteiger partial charge in [0.05, 0.1) is 5.41 Å². The molecule has 0 radical (unpaired) electrons. The number of rotatable bonds is 4. The van der Waals surface area contributed by atoms with E-state index in [-0.39, 0.29) is 11.9 Å². The molecule has 0 heterocycles. The van der Waals surface area contributed by atoms with Gasteiger partial charge in [0.15, 0.2) is 0 Å². The van der Waals surface area contributed by atoms with Gasteiger partial charge in [0.1, 0.15) is 6.61 Å². The number of ether oxygens (including phenoxy) is 1. The van der Waals surface area contributed by atoms with Gasteiger partial charge in [-0.15, -0.1) is 0 Å². The van der Waals surface area contributed by atoms with E-state index in [1.54, 1.807) is 0 Å². The van der Waals surface area contributed by atoms with Crippen LogP contribution in [-0.4, -0.2) is 12.6 Å². The maximum absolute atomic E-state index is 12.3. The molecule has 120 valence electrons. The van der Waals surface area contributed by atoms with Gasteiger partial charge in [-0.1, -0.05) is 55.5 Å². The largest absolute Gasteiger partial charge is 0.464 e. The minimum absolute atomic E-state index is 0.111. The summed E-state index contributed by atoms with van der Waals surface area (Å²) in [5, 5.41) is 0. The fraction of sp³-hybridized carbons (Fsp3) is 0.381. The monoisotopic (exact) mass is 308 g/mol. The lowest BCUT2D eigenvalue weighted by Gasteiger charge is -2.29. The molecular formula is C21H24O2. The van der Waals surface area contributed by atoms with Crippen molar-refractivity contribution in [2.45, 2.75) is 39.5 Å². The first-order valence-electron chi connectivity index (χ1n) is 8.35. The van der Waals surface area contributed by atoms with E-state index in [4.69, 9.17) is 4.74 Å². The quantitative estimate of drug-likeness (QED) is 0.765. The molecule has 3 rings (SSSR count). The normalized spacial score (nSPS) is 14.0. The van der Waals surface area contributed by atoms with Gasteiger partial charge in [0.25, 0.3) is 0 Å². The van der Waals surface area contributed by atoms with E-state index < -0.39 is 5.41 Å². The smallest absolute Gasteiger partial charge is 0.311 e. The van der Waals surface area contributed by atoms with Crippen molar-refractivity contribution in [1.82, 2.24) is 0 Å². The first-order chi connectivity index (χ1) is 11.0. The highest BCUT2D eigenvalue weighted by atomic mass is 16.5. The summed E-state index contributed by atoms with van der Waals surface area (Å²) >= 11 is 0. The third kappa shape index (κ3) is 3.03. The van der Waals surface area contributed by atoms with Gasteiger partial charge < -0.3 is 4.74 Å². The highest BCUT2D eigenvalue weighted by Gasteiger charge is 2.30. The van der Waals surface area contributed by atoms with Crippen LogP contribution in [0.3, 0.4) is 0 Å². The molecule has 1 aliphatic carbocycles. The van der Waals surface area contributed by atoms with E-state index in [1.165, 1.54) is 22.3 Å². The second kappa shape index (κ2) is 6.19. The topological polar surface area (TPSA) is 26.3 Å². The van der Waals surface area contributed by atoms with E-state index in [0.29, 0.717) is 6.61 Å². The first-order valence-corrected chi connectivity index (χ1v) is 8.35. The Kier molecular flexibility index (Phi) is 4.25. The second-order valence-corrected chi connectivity index (χ2v) is 6.96. The van der Waals surface area contributed by atoms with Crippen molar-refractivity contribution in [1.29, 1.82) is 0 Å². The Morgan fingerprint density at radius 3 is 2.09 bits per heavy atom. The van der Waals surface area contributed by atoms with E-state index in [0.717, 1.165) is 12.8 Å². The lowest BCUT2D eigenvalue weighted by molar-refractivity contribution is -0.154. The van der Waals surface area contributed by atoms with Crippen LogP contribution in [-0.2, 0) is 16.0 Å². The summed E-state index contributed by atoms with van der Waals surface area (Å²) in [5.74, 6) is 0.0216. The Balaban J connectivity index is 1.88. The summed E-state index contributed by atoms with van der Waals surface area (Å²) in [6.07, 6.45) is 1.74. The maximum atomic E-state index is 12.3. The summed E-state index contributed by atoms with van der Waals surface area (Å²) in [7, 11) is 0. The minimum atomic E-state index is -0.423. The molecule has 23 heavy (non-hydrogen) atoms. The number of carbonyl (C=O) groups is 1. The third-order valence-corrected chi connectivity index (χ3v) is 5.06. The molecule has 0 atom stereocenters. The predicted molar refractivity (Wildman–Crippen MR) is 92.6 cm³/mol. The van der Waals surface area contributed by atoms with Crippen molar-refractivity contribution in [2.75, 3.05) is 6.61 Å². The Morgan fingerprint density at radius 1 is 1.04 bits per heavy atom. The fourth-order valence-electron chi connectivity index (χ4n) is 3.12. The van der Waals surface area contributed by atoms with Crippen LogP contribution in [0.1, 0.15) is 55.4 Å². The lowest BCUT2D eigenvalue weighted by Crippen LogP contribution is -2.28. The highest BCUT2D eigenvalue weighted by Crippen LogP contribution is 2.37. The summed E-state index contributed by atoms with van der Waals surface area (Å²) in [5.41, 5.74) is 4.82. The zero-order valence-corrected chi connectivity index (χ0v) is 14.1. The van der Waals surface area contributed by atoms with Gasteiger partial charge in [0, 0.05) is 5.92 Å². The summed E-state index contributed by atoms with van der Waals surface area (Å²) in [6.45, 7) is 6.32. The van der Waals surface area contributed by atoms with Crippen molar-refractivity contribution < 1.29 is 9.53 Å². The van der Waals surface area contributed by atoms with Crippen molar-refractivity contribution >= 4 is 5.97 Å². The molecule has 0 saturated carbocycles. The zero-order chi connectivity index (χ0) is 16.4. The minimum Gasteiger partial charge on any atom is -0.464 e. The molecule has 0 amide bonds. The Labute approximate surface area is 138 Å². The standard InChI is InChI=1S/C21H24O2/c1-4-21(2,3)20(22)23-14-19-17-11-7-5-9-15(17)13-16-10-6-8-12-18(16)19/h5-12,19H,4,13-14H2,1-3H3. The van der Waals surface area contributed by atoms with Crippen LogP contribution in [0.15, 0.2) is 48.5 Å². The molecule has 2 heteroatoms. The number of hydrogen-bond donors (Lipinski definition) is 0. The molecule has 0 bridgehead atoms. The lowest BCUT2D eigenvalue weighted by atomic mass is 9.78. The molecule has 2 nitrogen and oxygen atoms in total. The molecule has 2 aromatic rings. The van der Waals surface area contributed by atoms with E-state index in [1.807, 2.05) is 20.8 Å². The molecule has 0 spiro atoms. The summed E-state index contributed by atoms with van der Waals surface area (Å²) < 4.78 is 5.71. The van der Waals surface area contributed by atoms with Crippen LogP contribution in [0.4, 0.5) is 0 Å². The SMILES string of the molecule is CCC(C)(C)C(=O)OCC1c2ccccc2Cc2ccccc21. The van der Waals surface area contributed by atoms with Crippen LogP contribution in [0, 0.1) is 5.41 Å². The molecular weight excluding hydrogens is 284 g/mol. The van der Waals surface area contributed by atoms with Crippen molar-refractivity contribution in [3.63, 3.8) is 0 Å². The molecule has 2 aromatic carbocycles. The molecule has 0 aromatic heterocycles. The highest BCUT2D eigenvalue weighted by molar-refractivity contribution is 5.75. The van der Waals surface area contributed by atoms with Crippen molar-refractivity contribution in [3.8, 4) is 0 Å². The summed E-state index contributed by atoms with van der Waals surface area (Å²) in [6, 6.07) is 17.0. The third-order valence-electron chi connectivity index (χ3n) is 5.06. The molecule has 0 unspecified atom stereocenters. The van der Waals surface area contributed by atoms with Gasteiger partial charge in [-0.05, 0) is 48.9 Å². The number of hydrogen-bond acceptors (Lipinski definition) is 2. The summed E-state index contributed by atoms with van der Waals surface area (Å²) in [4.78, 5) is 12.3. The Bertz CT molecular complexity index is 670. The average molecular weight is 308 g/mol. The van der Waals surface area contributed by atoms with Gasteiger partial charge in [0.2, 0.25) is 0 Å². The molecule has 0 aliphatic heterocycles. The van der Waals surface area contributed by atoms with Crippen molar-refractivity contribution in [3.05, 3.63) is 70.8 Å². The van der Waals surface area contributed by atoms with E-state index in [2.05, 4.69) is 48.5 Å². The number of benzene rings is 2. The van der Waals surface area contributed by atoms with Gasteiger partial charge in [-0.2, -0.15) is 0 Å². The van der Waals surface area contributed by atoms with Gasteiger partial charge >= 0.3 is 5.97 Å². The fourth-order valence-corrected chi connectivity index (χ4v) is 3.12.